The van der Waals surface area contributed by atoms with E-state index in [-0.39, 0.29) is 6.04 Å². The molecule has 29 heavy (non-hydrogen) atoms. The van der Waals surface area contributed by atoms with Gasteiger partial charge in [0.05, 0.1) is 23.8 Å². The molecule has 0 saturated carbocycles. The summed E-state index contributed by atoms with van der Waals surface area (Å²) in [4.78, 5) is 11.7. The molecule has 1 aromatic carbocycles. The minimum atomic E-state index is -4.31. The number of nitrogens with zero attached hydrogens (tertiary/aromatic N) is 4. The van der Waals surface area contributed by atoms with Gasteiger partial charge in [-0.25, -0.2) is 4.98 Å². The Morgan fingerprint density at radius 2 is 1.90 bits per heavy atom. The highest BCUT2D eigenvalue weighted by Crippen LogP contribution is 2.32. The molecule has 7 heteroatoms. The lowest BCUT2D eigenvalue weighted by molar-refractivity contribution is -0.137. The Bertz CT molecular complexity index is 963. The Morgan fingerprint density at radius 3 is 2.59 bits per heavy atom. The Hall–Kier alpha value is -2.67. The lowest BCUT2D eigenvalue weighted by Gasteiger charge is -2.24. The third kappa shape index (κ3) is 4.50. The van der Waals surface area contributed by atoms with Crippen molar-refractivity contribution in [3.8, 4) is 0 Å². The number of halogens is 3. The smallest absolute Gasteiger partial charge is 0.337 e. The molecule has 1 aliphatic heterocycles. The quantitative estimate of drug-likeness (QED) is 0.619. The van der Waals surface area contributed by atoms with E-state index in [4.69, 9.17) is 4.98 Å². The van der Waals surface area contributed by atoms with Crippen molar-refractivity contribution in [1.29, 1.82) is 0 Å². The molecule has 1 aliphatic rings. The Balaban J connectivity index is 1.49. The third-order valence-electron chi connectivity index (χ3n) is 5.47. The van der Waals surface area contributed by atoms with E-state index in [1.165, 1.54) is 12.1 Å². The average Bonchev–Trinajstić information content (AvgIpc) is 3.31. The predicted octanol–water partition coefficient (Wildman–Crippen LogP) is 4.76. The van der Waals surface area contributed by atoms with Gasteiger partial charge in [0.1, 0.15) is 5.82 Å². The van der Waals surface area contributed by atoms with Gasteiger partial charge in [0.2, 0.25) is 0 Å². The molecule has 3 heterocycles. The van der Waals surface area contributed by atoms with Crippen molar-refractivity contribution in [2.45, 2.75) is 38.0 Å². The molecule has 1 fully saturated rings. The number of imidazole rings is 1. The van der Waals surface area contributed by atoms with Gasteiger partial charge in [-0.1, -0.05) is 18.2 Å². The first-order chi connectivity index (χ1) is 13.9. The first kappa shape index (κ1) is 19.6. The number of aromatic nitrogens is 3. The van der Waals surface area contributed by atoms with Crippen LogP contribution in [0, 0.1) is 0 Å². The molecule has 1 saturated heterocycles. The monoisotopic (exact) mass is 400 g/mol. The number of rotatable bonds is 5. The van der Waals surface area contributed by atoms with Gasteiger partial charge >= 0.3 is 6.18 Å². The highest BCUT2D eigenvalue weighted by molar-refractivity contribution is 5.28. The number of pyridine rings is 1. The molecular formula is C22H23F3N4. The van der Waals surface area contributed by atoms with E-state index in [1.807, 2.05) is 42.2 Å². The van der Waals surface area contributed by atoms with Crippen molar-refractivity contribution in [1.82, 2.24) is 19.4 Å². The summed E-state index contributed by atoms with van der Waals surface area (Å²) >= 11 is 0. The van der Waals surface area contributed by atoms with Crippen LogP contribution in [0.25, 0.3) is 0 Å². The normalized spacial score (nSPS) is 17.7. The molecular weight excluding hydrogens is 377 g/mol. The fourth-order valence-corrected chi connectivity index (χ4v) is 3.88. The van der Waals surface area contributed by atoms with E-state index in [0.29, 0.717) is 6.42 Å². The van der Waals surface area contributed by atoms with Gasteiger partial charge in [-0.3, -0.25) is 9.88 Å². The molecule has 0 amide bonds. The van der Waals surface area contributed by atoms with Crippen LogP contribution in [0.5, 0.6) is 0 Å². The maximum atomic E-state index is 12.7. The fraction of sp³-hybridized carbons (Fsp3) is 0.364. The molecule has 0 aliphatic carbocycles. The summed E-state index contributed by atoms with van der Waals surface area (Å²) in [6.07, 6.45) is 2.11. The van der Waals surface area contributed by atoms with Crippen LogP contribution >= 0.6 is 0 Å². The van der Waals surface area contributed by atoms with E-state index in [2.05, 4.69) is 9.88 Å². The van der Waals surface area contributed by atoms with Crippen LogP contribution in [0.4, 0.5) is 13.2 Å². The summed E-state index contributed by atoms with van der Waals surface area (Å²) in [5.74, 6) is 1.03. The first-order valence-electron chi connectivity index (χ1n) is 9.72. The summed E-state index contributed by atoms with van der Waals surface area (Å²) < 4.78 is 40.3. The zero-order valence-corrected chi connectivity index (χ0v) is 16.2. The SMILES string of the molecule is Cn1ccnc1CN1CCC[C@H]1c1cccc(Cc2ccc(C(F)(F)F)cc2)n1. The molecule has 4 rings (SSSR count). The van der Waals surface area contributed by atoms with E-state index in [9.17, 15) is 13.2 Å². The Labute approximate surface area is 168 Å². The fourth-order valence-electron chi connectivity index (χ4n) is 3.88. The van der Waals surface area contributed by atoms with Crippen LogP contribution in [0.2, 0.25) is 0 Å². The van der Waals surface area contributed by atoms with Crippen LogP contribution in [-0.2, 0) is 26.2 Å². The number of aryl methyl sites for hydroxylation is 1. The average molecular weight is 400 g/mol. The maximum absolute atomic E-state index is 12.7. The molecule has 0 unspecified atom stereocenters. The van der Waals surface area contributed by atoms with Crippen LogP contribution in [0.3, 0.4) is 0 Å². The third-order valence-corrected chi connectivity index (χ3v) is 5.47. The van der Waals surface area contributed by atoms with Gasteiger partial charge in [0.15, 0.2) is 0 Å². The van der Waals surface area contributed by atoms with Crippen molar-refractivity contribution < 1.29 is 13.2 Å². The highest BCUT2D eigenvalue weighted by atomic mass is 19.4. The van der Waals surface area contributed by atoms with E-state index in [1.54, 1.807) is 0 Å². The topological polar surface area (TPSA) is 34.0 Å². The van der Waals surface area contributed by atoms with Crippen LogP contribution < -0.4 is 0 Å². The van der Waals surface area contributed by atoms with Gasteiger partial charge in [-0.05, 0) is 49.2 Å². The number of hydrogen-bond donors (Lipinski definition) is 0. The predicted molar refractivity (Wildman–Crippen MR) is 104 cm³/mol. The summed E-state index contributed by atoms with van der Waals surface area (Å²) in [5.41, 5.74) is 2.07. The summed E-state index contributed by atoms with van der Waals surface area (Å²) in [7, 11) is 2.00. The standard InChI is InChI=1S/C22H23F3N4/c1-28-13-11-26-21(28)15-29-12-3-6-20(29)19-5-2-4-18(27-19)14-16-7-9-17(10-8-16)22(23,24)25/h2,4-5,7-11,13,20H,3,6,12,14-15H2,1H3/t20-/m0/s1. The summed E-state index contributed by atoms with van der Waals surface area (Å²) in [6, 6.07) is 11.5. The Kier molecular flexibility index (Phi) is 5.41. The first-order valence-corrected chi connectivity index (χ1v) is 9.72. The van der Waals surface area contributed by atoms with Gasteiger partial charge in [0, 0.05) is 31.6 Å². The molecule has 0 bridgehead atoms. The maximum Gasteiger partial charge on any atom is 0.416 e. The van der Waals surface area contributed by atoms with Crippen LogP contribution in [0.1, 0.15) is 47.2 Å². The van der Waals surface area contributed by atoms with Crippen molar-refractivity contribution >= 4 is 0 Å². The zero-order valence-electron chi connectivity index (χ0n) is 16.2. The Morgan fingerprint density at radius 1 is 1.10 bits per heavy atom. The van der Waals surface area contributed by atoms with Gasteiger partial charge in [-0.2, -0.15) is 13.2 Å². The van der Waals surface area contributed by atoms with E-state index < -0.39 is 11.7 Å². The molecule has 1 atom stereocenters. The van der Waals surface area contributed by atoms with Gasteiger partial charge in [0.25, 0.3) is 0 Å². The largest absolute Gasteiger partial charge is 0.416 e. The minimum absolute atomic E-state index is 0.235. The van der Waals surface area contributed by atoms with Crippen molar-refractivity contribution in [3.05, 3.63) is 83.2 Å². The number of benzene rings is 1. The zero-order chi connectivity index (χ0) is 20.4. The summed E-state index contributed by atoms with van der Waals surface area (Å²) in [5, 5.41) is 0. The highest BCUT2D eigenvalue weighted by Gasteiger charge is 2.30. The molecule has 0 N–H and O–H groups in total. The molecule has 2 aromatic heterocycles. The lowest BCUT2D eigenvalue weighted by atomic mass is 10.1. The van der Waals surface area contributed by atoms with E-state index in [0.717, 1.165) is 60.8 Å². The van der Waals surface area contributed by atoms with Crippen molar-refractivity contribution in [3.63, 3.8) is 0 Å². The molecule has 0 radical (unpaired) electrons. The second kappa shape index (κ2) is 7.99. The van der Waals surface area contributed by atoms with Gasteiger partial charge in [-0.15, -0.1) is 0 Å². The van der Waals surface area contributed by atoms with E-state index >= 15 is 0 Å². The molecule has 3 aromatic rings. The van der Waals surface area contributed by atoms with Crippen LogP contribution in [0.15, 0.2) is 54.9 Å². The summed E-state index contributed by atoms with van der Waals surface area (Å²) in [6.45, 7) is 1.78. The number of likely N-dealkylation sites (tertiary alicyclic amines) is 1. The minimum Gasteiger partial charge on any atom is -0.337 e. The number of hydrogen-bond acceptors (Lipinski definition) is 3. The number of alkyl halides is 3. The van der Waals surface area contributed by atoms with Crippen LogP contribution in [-0.4, -0.2) is 26.0 Å². The van der Waals surface area contributed by atoms with Crippen molar-refractivity contribution in [2.75, 3.05) is 6.54 Å². The lowest BCUT2D eigenvalue weighted by Crippen LogP contribution is -2.25. The second-order valence-corrected chi connectivity index (χ2v) is 7.51. The second-order valence-electron chi connectivity index (χ2n) is 7.51. The molecule has 0 spiro atoms. The molecule has 152 valence electrons. The van der Waals surface area contributed by atoms with Crippen molar-refractivity contribution in [2.24, 2.45) is 7.05 Å². The van der Waals surface area contributed by atoms with Gasteiger partial charge < -0.3 is 4.57 Å². The molecule has 4 nitrogen and oxygen atoms in total.